The maximum atomic E-state index is 14.1. The number of nitrogens with two attached hydrogens (primary N) is 1. The SMILES string of the molecule is CSC(N)=NC(C)c1cc(CC(=O)c2cnc(C)cn2)ccc1F. The van der Waals surface area contributed by atoms with Crippen molar-refractivity contribution in [2.75, 3.05) is 6.26 Å². The Morgan fingerprint density at radius 2 is 2.12 bits per heavy atom. The summed E-state index contributed by atoms with van der Waals surface area (Å²) in [5.74, 6) is -0.536. The number of halogens is 1. The summed E-state index contributed by atoms with van der Waals surface area (Å²) in [6.45, 7) is 3.56. The van der Waals surface area contributed by atoms with Crippen molar-refractivity contribution in [3.05, 3.63) is 58.9 Å². The number of carbonyl (C=O) groups is 1. The van der Waals surface area contributed by atoms with Gasteiger partial charge in [-0.05, 0) is 31.7 Å². The third-order valence-electron chi connectivity index (χ3n) is 3.47. The van der Waals surface area contributed by atoms with Crippen LogP contribution in [0.3, 0.4) is 0 Å². The van der Waals surface area contributed by atoms with Crippen LogP contribution in [-0.2, 0) is 6.42 Å². The average molecular weight is 346 g/mol. The van der Waals surface area contributed by atoms with E-state index in [2.05, 4.69) is 15.0 Å². The van der Waals surface area contributed by atoms with Crippen LogP contribution in [0.1, 0.15) is 40.3 Å². The molecule has 1 atom stereocenters. The fraction of sp³-hybridized carbons (Fsp3) is 0.294. The van der Waals surface area contributed by atoms with Crippen LogP contribution in [0.5, 0.6) is 0 Å². The second-order valence-corrected chi connectivity index (χ2v) is 6.17. The molecule has 2 rings (SSSR count). The van der Waals surface area contributed by atoms with Crippen LogP contribution in [0.2, 0.25) is 0 Å². The summed E-state index contributed by atoms with van der Waals surface area (Å²) < 4.78 is 14.1. The number of benzene rings is 1. The molecule has 0 radical (unpaired) electrons. The summed E-state index contributed by atoms with van der Waals surface area (Å²) in [7, 11) is 0. The molecule has 0 saturated heterocycles. The topological polar surface area (TPSA) is 81.2 Å². The summed E-state index contributed by atoms with van der Waals surface area (Å²) in [5.41, 5.74) is 7.84. The Morgan fingerprint density at radius 3 is 2.75 bits per heavy atom. The number of amidine groups is 1. The maximum absolute atomic E-state index is 14.1. The molecule has 0 amide bonds. The molecule has 1 unspecified atom stereocenters. The zero-order valence-corrected chi connectivity index (χ0v) is 14.6. The molecule has 0 fully saturated rings. The number of Topliss-reactive ketones (excluding diaryl/α,β-unsaturated/α-hetero) is 1. The van der Waals surface area contributed by atoms with Crippen molar-refractivity contribution in [1.29, 1.82) is 0 Å². The van der Waals surface area contributed by atoms with Crippen molar-refractivity contribution in [3.8, 4) is 0 Å². The van der Waals surface area contributed by atoms with E-state index in [4.69, 9.17) is 5.73 Å². The monoisotopic (exact) mass is 346 g/mol. The number of aryl methyl sites for hydroxylation is 1. The van der Waals surface area contributed by atoms with Gasteiger partial charge in [0.1, 0.15) is 11.5 Å². The lowest BCUT2D eigenvalue weighted by molar-refractivity contribution is 0.0987. The van der Waals surface area contributed by atoms with Gasteiger partial charge in [-0.15, -0.1) is 0 Å². The van der Waals surface area contributed by atoms with Gasteiger partial charge in [-0.25, -0.2) is 9.37 Å². The number of carbonyl (C=O) groups excluding carboxylic acids is 1. The molecule has 0 aliphatic heterocycles. The normalized spacial score (nSPS) is 12.9. The van der Waals surface area contributed by atoms with Crippen LogP contribution in [0, 0.1) is 12.7 Å². The minimum atomic E-state index is -0.424. The Labute approximate surface area is 144 Å². The van der Waals surface area contributed by atoms with Crippen molar-refractivity contribution >= 4 is 22.7 Å². The molecule has 2 N–H and O–H groups in total. The van der Waals surface area contributed by atoms with Crippen LogP contribution >= 0.6 is 11.8 Å². The highest BCUT2D eigenvalue weighted by atomic mass is 32.2. The number of hydrogen-bond donors (Lipinski definition) is 1. The van der Waals surface area contributed by atoms with E-state index in [-0.39, 0.29) is 18.0 Å². The zero-order chi connectivity index (χ0) is 17.7. The van der Waals surface area contributed by atoms with Gasteiger partial charge in [0.05, 0.1) is 17.9 Å². The molecule has 2 aromatic rings. The van der Waals surface area contributed by atoms with Crippen LogP contribution < -0.4 is 5.73 Å². The van der Waals surface area contributed by atoms with Crippen LogP contribution in [0.15, 0.2) is 35.6 Å². The highest BCUT2D eigenvalue weighted by molar-refractivity contribution is 8.13. The minimum Gasteiger partial charge on any atom is -0.379 e. The molecule has 1 aromatic carbocycles. The zero-order valence-electron chi connectivity index (χ0n) is 13.8. The lowest BCUT2D eigenvalue weighted by atomic mass is 10.0. The van der Waals surface area contributed by atoms with Crippen molar-refractivity contribution in [2.45, 2.75) is 26.3 Å². The van der Waals surface area contributed by atoms with Gasteiger partial charge in [0.25, 0.3) is 0 Å². The smallest absolute Gasteiger partial charge is 0.187 e. The summed E-state index contributed by atoms with van der Waals surface area (Å²) in [5, 5.41) is 0.387. The fourth-order valence-corrected chi connectivity index (χ4v) is 2.41. The van der Waals surface area contributed by atoms with Crippen LogP contribution in [0.25, 0.3) is 0 Å². The average Bonchev–Trinajstić information content (AvgIpc) is 2.56. The second-order valence-electron chi connectivity index (χ2n) is 5.35. The first-order valence-electron chi connectivity index (χ1n) is 7.38. The molecule has 1 heterocycles. The van der Waals surface area contributed by atoms with Crippen LogP contribution in [0.4, 0.5) is 4.39 Å². The van der Waals surface area contributed by atoms with E-state index in [0.29, 0.717) is 22.0 Å². The van der Waals surface area contributed by atoms with Crippen molar-refractivity contribution in [1.82, 2.24) is 9.97 Å². The number of ketones is 1. The van der Waals surface area contributed by atoms with Crippen LogP contribution in [-0.4, -0.2) is 27.2 Å². The molecule has 1 aromatic heterocycles. The fourth-order valence-electron chi connectivity index (χ4n) is 2.15. The molecule has 0 aliphatic rings. The van der Waals surface area contributed by atoms with Crippen molar-refractivity contribution in [3.63, 3.8) is 0 Å². The summed E-state index contributed by atoms with van der Waals surface area (Å²) in [6, 6.07) is 4.16. The predicted octanol–water partition coefficient (Wildman–Crippen LogP) is 3.09. The summed E-state index contributed by atoms with van der Waals surface area (Å²) >= 11 is 1.30. The van der Waals surface area contributed by atoms with Gasteiger partial charge in [-0.3, -0.25) is 14.8 Å². The van der Waals surface area contributed by atoms with E-state index in [9.17, 15) is 9.18 Å². The van der Waals surface area contributed by atoms with E-state index in [1.54, 1.807) is 38.4 Å². The largest absolute Gasteiger partial charge is 0.379 e. The molecule has 24 heavy (non-hydrogen) atoms. The van der Waals surface area contributed by atoms with Gasteiger partial charge < -0.3 is 5.73 Å². The van der Waals surface area contributed by atoms with Gasteiger partial charge in [-0.2, -0.15) is 0 Å². The van der Waals surface area contributed by atoms with Gasteiger partial charge in [0, 0.05) is 18.2 Å². The first kappa shape index (κ1) is 18.1. The van der Waals surface area contributed by atoms with E-state index in [0.717, 1.165) is 5.69 Å². The molecule has 7 heteroatoms. The molecule has 0 bridgehead atoms. The predicted molar refractivity (Wildman–Crippen MR) is 94.8 cm³/mol. The highest BCUT2D eigenvalue weighted by Gasteiger charge is 2.14. The number of aliphatic imine (C=N–C) groups is 1. The summed E-state index contributed by atoms with van der Waals surface area (Å²) in [6.07, 6.45) is 4.93. The number of hydrogen-bond acceptors (Lipinski definition) is 5. The molecule has 126 valence electrons. The van der Waals surface area contributed by atoms with E-state index in [1.807, 2.05) is 0 Å². The Hall–Kier alpha value is -2.28. The third-order valence-corrected chi connectivity index (χ3v) is 4.00. The maximum Gasteiger partial charge on any atom is 0.187 e. The standard InChI is InChI=1S/C17H19FN4OS/c1-10-8-21-15(9-20-10)16(23)7-12-4-5-14(18)13(6-12)11(2)22-17(19)24-3/h4-6,8-9,11H,7H2,1-3H3,(H2,19,22). The number of thioether (sulfide) groups is 1. The Kier molecular flexibility index (Phi) is 6.03. The summed E-state index contributed by atoms with van der Waals surface area (Å²) in [4.78, 5) is 24.6. The molecular formula is C17H19FN4OS. The lowest BCUT2D eigenvalue weighted by Gasteiger charge is -2.11. The third kappa shape index (κ3) is 4.61. The number of rotatable bonds is 5. The molecule has 0 saturated carbocycles. The first-order valence-corrected chi connectivity index (χ1v) is 8.60. The van der Waals surface area contributed by atoms with E-state index < -0.39 is 6.04 Å². The minimum absolute atomic E-state index is 0.124. The van der Waals surface area contributed by atoms with Gasteiger partial charge in [0.2, 0.25) is 0 Å². The van der Waals surface area contributed by atoms with Gasteiger partial charge in [-0.1, -0.05) is 23.9 Å². The van der Waals surface area contributed by atoms with Gasteiger partial charge >= 0.3 is 0 Å². The second kappa shape index (κ2) is 8.01. The lowest BCUT2D eigenvalue weighted by Crippen LogP contribution is -2.10. The Bertz CT molecular complexity index is 762. The Balaban J connectivity index is 2.21. The number of aromatic nitrogens is 2. The number of nitrogens with zero attached hydrogens (tertiary/aromatic N) is 3. The van der Waals surface area contributed by atoms with Crippen molar-refractivity contribution in [2.24, 2.45) is 10.7 Å². The van der Waals surface area contributed by atoms with E-state index in [1.165, 1.54) is 24.0 Å². The molecule has 0 spiro atoms. The molecule has 0 aliphatic carbocycles. The van der Waals surface area contributed by atoms with Gasteiger partial charge in [0.15, 0.2) is 11.0 Å². The first-order chi connectivity index (χ1) is 11.4. The Morgan fingerprint density at radius 1 is 1.38 bits per heavy atom. The van der Waals surface area contributed by atoms with Crippen molar-refractivity contribution < 1.29 is 9.18 Å². The molecule has 5 nitrogen and oxygen atoms in total. The quantitative estimate of drug-likeness (QED) is 0.511. The highest BCUT2D eigenvalue weighted by Crippen LogP contribution is 2.23. The molecular weight excluding hydrogens is 327 g/mol. The van der Waals surface area contributed by atoms with E-state index >= 15 is 0 Å².